The lowest BCUT2D eigenvalue weighted by Crippen LogP contribution is -2.29. The average Bonchev–Trinajstić information content (AvgIpc) is 2.26. The number of nitrogens with zero attached hydrogens (tertiary/aromatic N) is 1. The summed E-state index contributed by atoms with van der Waals surface area (Å²) in [5, 5.41) is 19.2. The van der Waals surface area contributed by atoms with Gasteiger partial charge in [-0.3, -0.25) is 4.98 Å². The Kier molecular flexibility index (Phi) is 4.49. The third-order valence-corrected chi connectivity index (χ3v) is 2.53. The zero-order valence-corrected chi connectivity index (χ0v) is 9.74. The number of aliphatic hydroxyl groups is 2. The van der Waals surface area contributed by atoms with Crippen LogP contribution in [0.4, 0.5) is 0 Å². The summed E-state index contributed by atoms with van der Waals surface area (Å²) in [6.07, 6.45) is -0.816. The van der Waals surface area contributed by atoms with E-state index < -0.39 is 18.2 Å². The lowest BCUT2D eigenvalue weighted by Gasteiger charge is -2.17. The number of ether oxygens (including phenoxy) is 1. The molecule has 2 unspecified atom stereocenters. The maximum Gasteiger partial charge on any atom is 0.337 e. The van der Waals surface area contributed by atoms with E-state index in [-0.39, 0.29) is 15.6 Å². The Bertz CT molecular complexity index is 379. The molecule has 0 saturated heterocycles. The SMILES string of the molecule is COC(=O)C(O)C(O)c1c(Cl)cncc1Cl. The molecule has 0 saturated carbocycles. The molecular weight excluding hydrogens is 257 g/mol. The van der Waals surface area contributed by atoms with Gasteiger partial charge < -0.3 is 14.9 Å². The summed E-state index contributed by atoms with van der Waals surface area (Å²) in [4.78, 5) is 14.7. The Hall–Kier alpha value is -0.880. The van der Waals surface area contributed by atoms with Crippen LogP contribution in [0.5, 0.6) is 0 Å². The fourth-order valence-corrected chi connectivity index (χ4v) is 1.70. The number of halogens is 2. The summed E-state index contributed by atoms with van der Waals surface area (Å²) in [6.45, 7) is 0. The Labute approximate surface area is 102 Å². The minimum Gasteiger partial charge on any atom is -0.467 e. The molecule has 7 heteroatoms. The van der Waals surface area contributed by atoms with Gasteiger partial charge in [0.1, 0.15) is 6.10 Å². The van der Waals surface area contributed by atoms with Gasteiger partial charge in [0.25, 0.3) is 0 Å². The molecule has 1 aromatic rings. The number of hydrogen-bond donors (Lipinski definition) is 2. The van der Waals surface area contributed by atoms with Crippen LogP contribution in [0.15, 0.2) is 12.4 Å². The number of methoxy groups -OCH3 is 1. The Morgan fingerprint density at radius 3 is 2.31 bits per heavy atom. The van der Waals surface area contributed by atoms with E-state index in [4.69, 9.17) is 23.2 Å². The zero-order valence-electron chi connectivity index (χ0n) is 8.22. The molecular formula is C9H9Cl2NO4. The first-order valence-electron chi connectivity index (χ1n) is 4.22. The van der Waals surface area contributed by atoms with Gasteiger partial charge in [0.2, 0.25) is 0 Å². The molecule has 0 bridgehead atoms. The third kappa shape index (κ3) is 2.62. The van der Waals surface area contributed by atoms with Crippen molar-refractivity contribution in [1.82, 2.24) is 4.98 Å². The molecule has 0 fully saturated rings. The smallest absolute Gasteiger partial charge is 0.337 e. The summed E-state index contributed by atoms with van der Waals surface area (Å²) in [7, 11) is 1.09. The van der Waals surface area contributed by atoms with E-state index in [1.807, 2.05) is 0 Å². The number of aromatic nitrogens is 1. The number of pyridine rings is 1. The molecule has 1 heterocycles. The van der Waals surface area contributed by atoms with Crippen molar-refractivity contribution in [3.63, 3.8) is 0 Å². The molecule has 0 amide bonds. The van der Waals surface area contributed by atoms with Gasteiger partial charge in [-0.25, -0.2) is 4.79 Å². The van der Waals surface area contributed by atoms with Gasteiger partial charge in [-0.2, -0.15) is 0 Å². The predicted octanol–water partition coefficient (Wildman–Crippen LogP) is 0.956. The maximum atomic E-state index is 11.0. The lowest BCUT2D eigenvalue weighted by molar-refractivity contribution is -0.156. The third-order valence-electron chi connectivity index (χ3n) is 1.93. The van der Waals surface area contributed by atoms with Crippen molar-refractivity contribution >= 4 is 29.2 Å². The molecule has 5 nitrogen and oxygen atoms in total. The molecule has 1 aromatic heterocycles. The van der Waals surface area contributed by atoms with E-state index in [9.17, 15) is 15.0 Å². The second kappa shape index (κ2) is 5.45. The second-order valence-corrected chi connectivity index (χ2v) is 3.74. The van der Waals surface area contributed by atoms with E-state index in [2.05, 4.69) is 9.72 Å². The molecule has 88 valence electrons. The standard InChI is InChI=1S/C9H9Cl2NO4/c1-16-9(15)8(14)7(13)6-4(10)2-12-3-5(6)11/h2-3,7-8,13-14H,1H3. The highest BCUT2D eigenvalue weighted by Crippen LogP contribution is 2.31. The summed E-state index contributed by atoms with van der Waals surface area (Å²) in [5.41, 5.74) is 0.0382. The van der Waals surface area contributed by atoms with Crippen LogP contribution in [0.3, 0.4) is 0 Å². The van der Waals surface area contributed by atoms with Crippen molar-refractivity contribution < 1.29 is 19.7 Å². The van der Waals surface area contributed by atoms with E-state index >= 15 is 0 Å². The molecule has 0 aliphatic heterocycles. The van der Waals surface area contributed by atoms with Gasteiger partial charge in [-0.05, 0) is 0 Å². The highest BCUT2D eigenvalue weighted by Gasteiger charge is 2.29. The lowest BCUT2D eigenvalue weighted by atomic mass is 10.1. The maximum absolute atomic E-state index is 11.0. The Balaban J connectivity index is 3.04. The number of esters is 1. The largest absolute Gasteiger partial charge is 0.467 e. The first kappa shape index (κ1) is 13.2. The van der Waals surface area contributed by atoms with Crippen LogP contribution >= 0.6 is 23.2 Å². The Morgan fingerprint density at radius 2 is 1.88 bits per heavy atom. The summed E-state index contributed by atoms with van der Waals surface area (Å²) < 4.78 is 4.28. The molecule has 0 aliphatic carbocycles. The molecule has 16 heavy (non-hydrogen) atoms. The zero-order chi connectivity index (χ0) is 12.3. The first-order valence-corrected chi connectivity index (χ1v) is 4.97. The quantitative estimate of drug-likeness (QED) is 0.796. The molecule has 0 aromatic carbocycles. The fourth-order valence-electron chi connectivity index (χ4n) is 1.11. The molecule has 0 spiro atoms. The summed E-state index contributed by atoms with van der Waals surface area (Å²) in [6, 6.07) is 0. The number of carbonyl (C=O) groups is 1. The molecule has 0 radical (unpaired) electrons. The van der Waals surface area contributed by atoms with Crippen LogP contribution in [0, 0.1) is 0 Å². The number of hydrogen-bond acceptors (Lipinski definition) is 5. The van der Waals surface area contributed by atoms with Crippen molar-refractivity contribution in [2.75, 3.05) is 7.11 Å². The van der Waals surface area contributed by atoms with E-state index in [0.29, 0.717) is 0 Å². The summed E-state index contributed by atoms with van der Waals surface area (Å²) >= 11 is 11.5. The minimum absolute atomic E-state index is 0.0382. The predicted molar refractivity (Wildman–Crippen MR) is 57.2 cm³/mol. The van der Waals surface area contributed by atoms with Gasteiger partial charge in [0.05, 0.1) is 17.2 Å². The average molecular weight is 266 g/mol. The molecule has 1 rings (SSSR count). The van der Waals surface area contributed by atoms with Crippen LogP contribution < -0.4 is 0 Å². The van der Waals surface area contributed by atoms with Crippen LogP contribution in [0.1, 0.15) is 11.7 Å². The van der Waals surface area contributed by atoms with Crippen LogP contribution in [-0.4, -0.2) is 34.4 Å². The highest BCUT2D eigenvalue weighted by atomic mass is 35.5. The van der Waals surface area contributed by atoms with Crippen LogP contribution in [0.2, 0.25) is 10.0 Å². The van der Waals surface area contributed by atoms with Crippen molar-refractivity contribution in [3.8, 4) is 0 Å². The molecule has 2 N–H and O–H groups in total. The van der Waals surface area contributed by atoms with Gasteiger partial charge in [-0.1, -0.05) is 23.2 Å². The van der Waals surface area contributed by atoms with Crippen molar-refractivity contribution in [2.24, 2.45) is 0 Å². The first-order chi connectivity index (χ1) is 7.49. The number of aliphatic hydroxyl groups excluding tert-OH is 2. The van der Waals surface area contributed by atoms with Crippen molar-refractivity contribution in [1.29, 1.82) is 0 Å². The topological polar surface area (TPSA) is 79.7 Å². The minimum atomic E-state index is -1.75. The molecule has 2 atom stereocenters. The highest BCUT2D eigenvalue weighted by molar-refractivity contribution is 6.35. The van der Waals surface area contributed by atoms with Crippen LogP contribution in [0.25, 0.3) is 0 Å². The Morgan fingerprint density at radius 1 is 1.38 bits per heavy atom. The monoisotopic (exact) mass is 265 g/mol. The van der Waals surface area contributed by atoms with Gasteiger partial charge in [0.15, 0.2) is 6.10 Å². The molecule has 0 aliphatic rings. The number of carbonyl (C=O) groups excluding carboxylic acids is 1. The van der Waals surface area contributed by atoms with E-state index in [1.54, 1.807) is 0 Å². The van der Waals surface area contributed by atoms with Crippen molar-refractivity contribution in [2.45, 2.75) is 12.2 Å². The van der Waals surface area contributed by atoms with Gasteiger partial charge in [-0.15, -0.1) is 0 Å². The van der Waals surface area contributed by atoms with Crippen LogP contribution in [-0.2, 0) is 9.53 Å². The normalized spacial score (nSPS) is 14.3. The fraction of sp³-hybridized carbons (Fsp3) is 0.333. The van der Waals surface area contributed by atoms with E-state index in [0.717, 1.165) is 7.11 Å². The van der Waals surface area contributed by atoms with Gasteiger partial charge >= 0.3 is 5.97 Å². The second-order valence-electron chi connectivity index (χ2n) is 2.93. The number of rotatable bonds is 3. The summed E-state index contributed by atoms with van der Waals surface area (Å²) in [5.74, 6) is -0.976. The van der Waals surface area contributed by atoms with Gasteiger partial charge in [0, 0.05) is 18.0 Å². The van der Waals surface area contributed by atoms with E-state index in [1.165, 1.54) is 12.4 Å². The van der Waals surface area contributed by atoms with Crippen molar-refractivity contribution in [3.05, 3.63) is 28.0 Å².